The Morgan fingerprint density at radius 3 is 2.47 bits per heavy atom. The molecule has 0 fully saturated rings. The van der Waals surface area contributed by atoms with Crippen molar-refractivity contribution < 1.29 is 18.1 Å². The molecular weight excluding hydrogens is 452 g/mol. The fourth-order valence-electron chi connectivity index (χ4n) is 3.02. The van der Waals surface area contributed by atoms with Gasteiger partial charge < -0.3 is 10.2 Å². The number of sulfonamides is 1. The lowest BCUT2D eigenvalue weighted by molar-refractivity contribution is -0.385. The van der Waals surface area contributed by atoms with Crippen molar-refractivity contribution in [2.75, 3.05) is 25.4 Å². The van der Waals surface area contributed by atoms with Crippen LogP contribution in [0.3, 0.4) is 0 Å². The van der Waals surface area contributed by atoms with Crippen LogP contribution >= 0.6 is 11.3 Å². The molecule has 1 heterocycles. The minimum Gasteiger partial charge on any atom is -0.350 e. The molecule has 0 aliphatic rings. The van der Waals surface area contributed by atoms with Crippen LogP contribution in [0, 0.1) is 10.1 Å². The summed E-state index contributed by atoms with van der Waals surface area (Å²) < 4.78 is 27.4. The van der Waals surface area contributed by atoms with E-state index in [1.54, 1.807) is 11.3 Å². The lowest BCUT2D eigenvalue weighted by Crippen LogP contribution is -2.34. The molecule has 1 unspecified atom stereocenters. The Labute approximate surface area is 189 Å². The summed E-state index contributed by atoms with van der Waals surface area (Å²) in [5.74, 6) is -0.278. The van der Waals surface area contributed by atoms with E-state index in [0.717, 1.165) is 11.6 Å². The van der Waals surface area contributed by atoms with Crippen molar-refractivity contribution in [2.24, 2.45) is 0 Å². The Morgan fingerprint density at radius 1 is 1.16 bits per heavy atom. The fraction of sp³-hybridized carbons (Fsp3) is 0.190. The maximum Gasteiger partial charge on any atom is 0.270 e. The van der Waals surface area contributed by atoms with Gasteiger partial charge in [-0.15, -0.1) is 0 Å². The normalized spacial score (nSPS) is 12.3. The zero-order valence-corrected chi connectivity index (χ0v) is 19.0. The van der Waals surface area contributed by atoms with E-state index < -0.39 is 14.9 Å². The first-order chi connectivity index (χ1) is 15.2. The standard InChI is InChI=1S/C21H22N4O5S2/c1-24(2)20(16-10-11-31-14-16)13-22-21(26)15-6-8-17(9-7-15)23-32(29,30)19-5-3-4-18(12-19)25(27)28/h3-12,14,20,23H,13H2,1-2H3,(H,22,26). The highest BCUT2D eigenvalue weighted by molar-refractivity contribution is 7.92. The van der Waals surface area contributed by atoms with E-state index in [1.165, 1.54) is 42.5 Å². The van der Waals surface area contributed by atoms with Crippen LogP contribution in [-0.4, -0.2) is 44.8 Å². The molecule has 168 valence electrons. The predicted octanol–water partition coefficient (Wildman–Crippen LogP) is 3.49. The summed E-state index contributed by atoms with van der Waals surface area (Å²) >= 11 is 1.59. The van der Waals surface area contributed by atoms with Crippen LogP contribution in [0.15, 0.2) is 70.3 Å². The first-order valence-electron chi connectivity index (χ1n) is 9.51. The minimum atomic E-state index is -4.02. The summed E-state index contributed by atoms with van der Waals surface area (Å²) in [6, 6.07) is 12.8. The molecule has 3 rings (SSSR count). The first-order valence-corrected chi connectivity index (χ1v) is 11.9. The van der Waals surface area contributed by atoms with Gasteiger partial charge in [0.1, 0.15) is 0 Å². The average molecular weight is 475 g/mol. The maximum absolute atomic E-state index is 12.5. The monoisotopic (exact) mass is 474 g/mol. The molecule has 0 radical (unpaired) electrons. The third kappa shape index (κ3) is 5.69. The van der Waals surface area contributed by atoms with E-state index in [9.17, 15) is 23.3 Å². The van der Waals surface area contributed by atoms with Crippen molar-refractivity contribution in [1.82, 2.24) is 10.2 Å². The van der Waals surface area contributed by atoms with Crippen molar-refractivity contribution >= 4 is 38.6 Å². The van der Waals surface area contributed by atoms with Crippen molar-refractivity contribution in [1.29, 1.82) is 0 Å². The number of benzene rings is 2. The molecule has 1 amide bonds. The molecule has 0 bridgehead atoms. The number of thiophene rings is 1. The number of nitrogens with zero attached hydrogens (tertiary/aromatic N) is 2. The predicted molar refractivity (Wildman–Crippen MR) is 123 cm³/mol. The molecule has 1 atom stereocenters. The van der Waals surface area contributed by atoms with Gasteiger partial charge in [0.15, 0.2) is 0 Å². The topological polar surface area (TPSA) is 122 Å². The van der Waals surface area contributed by atoms with Crippen LogP contribution in [0.1, 0.15) is 22.0 Å². The number of rotatable bonds is 9. The number of nitrogens with one attached hydrogen (secondary N) is 2. The summed E-state index contributed by atoms with van der Waals surface area (Å²) in [5, 5.41) is 17.8. The highest BCUT2D eigenvalue weighted by Crippen LogP contribution is 2.22. The molecule has 0 saturated carbocycles. The van der Waals surface area contributed by atoms with Crippen molar-refractivity contribution in [3.8, 4) is 0 Å². The lowest BCUT2D eigenvalue weighted by Gasteiger charge is -2.24. The van der Waals surface area contributed by atoms with Gasteiger partial charge in [-0.1, -0.05) is 6.07 Å². The second kappa shape index (κ2) is 9.90. The van der Waals surface area contributed by atoms with Crippen LogP contribution in [0.25, 0.3) is 0 Å². The third-order valence-electron chi connectivity index (χ3n) is 4.75. The molecule has 2 N–H and O–H groups in total. The second-order valence-corrected chi connectivity index (χ2v) is 9.65. The molecule has 0 spiro atoms. The van der Waals surface area contributed by atoms with Gasteiger partial charge in [-0.2, -0.15) is 11.3 Å². The minimum absolute atomic E-state index is 0.0335. The zero-order valence-electron chi connectivity index (χ0n) is 17.4. The summed E-state index contributed by atoms with van der Waals surface area (Å²) in [7, 11) is -0.136. The lowest BCUT2D eigenvalue weighted by atomic mass is 10.1. The fourth-order valence-corrected chi connectivity index (χ4v) is 4.83. The van der Waals surface area contributed by atoms with Gasteiger partial charge in [-0.05, 0) is 66.8 Å². The van der Waals surface area contributed by atoms with Gasteiger partial charge in [0.25, 0.3) is 21.6 Å². The number of carbonyl (C=O) groups excluding carboxylic acids is 1. The number of likely N-dealkylation sites (N-methyl/N-ethyl adjacent to an activating group) is 1. The number of hydrogen-bond acceptors (Lipinski definition) is 7. The van der Waals surface area contributed by atoms with Gasteiger partial charge in [0, 0.05) is 29.9 Å². The number of anilines is 1. The molecule has 0 aliphatic heterocycles. The summed E-state index contributed by atoms with van der Waals surface area (Å²) in [6.07, 6.45) is 0. The van der Waals surface area contributed by atoms with Crippen LogP contribution < -0.4 is 10.0 Å². The number of carbonyl (C=O) groups is 1. The van der Waals surface area contributed by atoms with Gasteiger partial charge in [0.05, 0.1) is 15.9 Å². The molecule has 2 aromatic carbocycles. The summed E-state index contributed by atoms with van der Waals surface area (Å²) in [4.78, 5) is 24.6. The largest absolute Gasteiger partial charge is 0.350 e. The van der Waals surface area contributed by atoms with Crippen molar-refractivity contribution in [3.05, 3.63) is 86.6 Å². The molecule has 0 aliphatic carbocycles. The van der Waals surface area contributed by atoms with Crippen LogP contribution in [0.2, 0.25) is 0 Å². The number of amides is 1. The highest BCUT2D eigenvalue weighted by atomic mass is 32.2. The molecule has 1 aromatic heterocycles. The molecular formula is C21H22N4O5S2. The Balaban J connectivity index is 1.66. The van der Waals surface area contributed by atoms with E-state index in [-0.39, 0.29) is 28.2 Å². The quantitative estimate of drug-likeness (QED) is 0.362. The zero-order chi connectivity index (χ0) is 23.3. The van der Waals surface area contributed by atoms with E-state index in [4.69, 9.17) is 0 Å². The van der Waals surface area contributed by atoms with Gasteiger partial charge in [-0.25, -0.2) is 8.42 Å². The van der Waals surface area contributed by atoms with E-state index >= 15 is 0 Å². The van der Waals surface area contributed by atoms with E-state index in [0.29, 0.717) is 12.1 Å². The Kier molecular flexibility index (Phi) is 7.23. The van der Waals surface area contributed by atoms with Gasteiger partial charge in [-0.3, -0.25) is 19.6 Å². The maximum atomic E-state index is 12.5. The van der Waals surface area contributed by atoms with Crippen molar-refractivity contribution in [2.45, 2.75) is 10.9 Å². The molecule has 11 heteroatoms. The Morgan fingerprint density at radius 2 is 1.88 bits per heavy atom. The Hall–Kier alpha value is -3.28. The van der Waals surface area contributed by atoms with Gasteiger partial charge >= 0.3 is 0 Å². The Bertz CT molecular complexity index is 1190. The average Bonchev–Trinajstić information content (AvgIpc) is 3.28. The molecule has 32 heavy (non-hydrogen) atoms. The van der Waals surface area contributed by atoms with Crippen molar-refractivity contribution in [3.63, 3.8) is 0 Å². The summed E-state index contributed by atoms with van der Waals surface area (Å²) in [6.45, 7) is 0.420. The number of nitro groups is 1. The highest BCUT2D eigenvalue weighted by Gasteiger charge is 2.19. The smallest absolute Gasteiger partial charge is 0.270 e. The van der Waals surface area contributed by atoms with Crippen LogP contribution in [0.4, 0.5) is 11.4 Å². The van der Waals surface area contributed by atoms with E-state index in [2.05, 4.69) is 10.0 Å². The molecule has 0 saturated heterocycles. The van der Waals surface area contributed by atoms with Crippen LogP contribution in [0.5, 0.6) is 0 Å². The third-order valence-corrected chi connectivity index (χ3v) is 6.83. The molecule has 9 nitrogen and oxygen atoms in total. The van der Waals surface area contributed by atoms with Gasteiger partial charge in [0.2, 0.25) is 0 Å². The SMILES string of the molecule is CN(C)C(CNC(=O)c1ccc(NS(=O)(=O)c2cccc([N+](=O)[O-])c2)cc1)c1ccsc1. The number of non-ortho nitro benzene ring substituents is 1. The van der Waals surface area contributed by atoms with E-state index in [1.807, 2.05) is 35.8 Å². The molecule has 3 aromatic rings. The second-order valence-electron chi connectivity index (χ2n) is 7.18. The van der Waals surface area contributed by atoms with Crippen LogP contribution in [-0.2, 0) is 10.0 Å². The number of nitro benzene ring substituents is 1. The number of hydrogen-bond donors (Lipinski definition) is 2. The first kappa shape index (κ1) is 23.4. The summed E-state index contributed by atoms with van der Waals surface area (Å²) in [5.41, 5.74) is 1.41.